The second kappa shape index (κ2) is 8.08. The maximum atomic E-state index is 11.7. The molecule has 0 aromatic carbocycles. The Kier molecular flexibility index (Phi) is 6.72. The van der Waals surface area contributed by atoms with Crippen LogP contribution in [-0.2, 0) is 9.59 Å². The number of hydrogen-bond donors (Lipinski definition) is 2. The van der Waals surface area contributed by atoms with Crippen molar-refractivity contribution in [2.24, 2.45) is 0 Å². The number of carbonyl (C=O) groups is 2. The Morgan fingerprint density at radius 3 is 2.39 bits per heavy atom. The Balaban J connectivity index is 2.02. The first-order chi connectivity index (χ1) is 8.59. The number of rotatable bonds is 7. The smallest absolute Gasteiger partial charge is 0.224 e. The Morgan fingerprint density at radius 2 is 1.78 bits per heavy atom. The third-order valence-electron chi connectivity index (χ3n) is 3.02. The maximum absolute atomic E-state index is 11.7. The number of amides is 2. The number of hydrogen-bond acceptors (Lipinski definition) is 3. The average Bonchev–Trinajstić information content (AvgIpc) is 2.81. The predicted molar refractivity (Wildman–Crippen MR) is 71.2 cm³/mol. The average molecular weight is 255 g/mol. The molecule has 1 heterocycles. The van der Waals surface area contributed by atoms with Crippen molar-refractivity contribution in [2.75, 3.05) is 26.2 Å². The lowest BCUT2D eigenvalue weighted by Gasteiger charge is -2.15. The highest BCUT2D eigenvalue weighted by Crippen LogP contribution is 2.08. The van der Waals surface area contributed by atoms with E-state index in [1.807, 2.05) is 18.7 Å². The minimum atomic E-state index is 0.0115. The van der Waals surface area contributed by atoms with Gasteiger partial charge in [-0.2, -0.15) is 0 Å². The molecule has 0 aromatic heterocycles. The van der Waals surface area contributed by atoms with Gasteiger partial charge in [0.2, 0.25) is 11.8 Å². The zero-order chi connectivity index (χ0) is 13.4. The molecule has 1 aliphatic rings. The number of nitrogens with zero attached hydrogens (tertiary/aromatic N) is 1. The first-order valence-electron chi connectivity index (χ1n) is 6.87. The van der Waals surface area contributed by atoms with Crippen LogP contribution in [0.5, 0.6) is 0 Å². The van der Waals surface area contributed by atoms with Crippen LogP contribution >= 0.6 is 0 Å². The standard InChI is InChI=1S/C13H25N3O2/c1-11(2)14-7-5-12(17)15-8-6-13(18)16-9-3-4-10-16/h11,14H,3-10H2,1-2H3,(H,15,17). The van der Waals surface area contributed by atoms with Gasteiger partial charge in [0, 0.05) is 45.1 Å². The molecule has 2 N–H and O–H groups in total. The largest absolute Gasteiger partial charge is 0.356 e. The second-order valence-electron chi connectivity index (χ2n) is 5.05. The molecule has 0 spiro atoms. The number of carbonyl (C=O) groups excluding carboxylic acids is 2. The first kappa shape index (κ1) is 15.0. The molecule has 0 radical (unpaired) electrons. The van der Waals surface area contributed by atoms with E-state index in [0.717, 1.165) is 25.9 Å². The zero-order valence-electron chi connectivity index (χ0n) is 11.5. The monoisotopic (exact) mass is 255 g/mol. The topological polar surface area (TPSA) is 61.4 Å². The molecule has 0 atom stereocenters. The lowest BCUT2D eigenvalue weighted by atomic mass is 10.3. The highest BCUT2D eigenvalue weighted by Gasteiger charge is 2.17. The third-order valence-corrected chi connectivity index (χ3v) is 3.02. The van der Waals surface area contributed by atoms with Crippen molar-refractivity contribution in [3.8, 4) is 0 Å². The van der Waals surface area contributed by atoms with Gasteiger partial charge in [0.15, 0.2) is 0 Å². The fourth-order valence-electron chi connectivity index (χ4n) is 2.00. The van der Waals surface area contributed by atoms with Crippen LogP contribution in [0.4, 0.5) is 0 Å². The van der Waals surface area contributed by atoms with Crippen LogP contribution in [0.2, 0.25) is 0 Å². The summed E-state index contributed by atoms with van der Waals surface area (Å²) in [5.41, 5.74) is 0. The van der Waals surface area contributed by atoms with E-state index < -0.39 is 0 Å². The SMILES string of the molecule is CC(C)NCCC(=O)NCCC(=O)N1CCCC1. The Bertz CT molecular complexity index is 273. The fourth-order valence-corrected chi connectivity index (χ4v) is 2.00. The molecule has 5 heteroatoms. The summed E-state index contributed by atoms with van der Waals surface area (Å²) in [5.74, 6) is 0.172. The molecule has 0 aromatic rings. The molecule has 0 unspecified atom stereocenters. The molecular formula is C13H25N3O2. The molecule has 1 aliphatic heterocycles. The lowest BCUT2D eigenvalue weighted by molar-refractivity contribution is -0.130. The van der Waals surface area contributed by atoms with Crippen molar-refractivity contribution in [3.05, 3.63) is 0 Å². The van der Waals surface area contributed by atoms with Gasteiger partial charge < -0.3 is 15.5 Å². The summed E-state index contributed by atoms with van der Waals surface area (Å²) in [5, 5.41) is 5.97. The van der Waals surface area contributed by atoms with E-state index in [0.29, 0.717) is 32.0 Å². The van der Waals surface area contributed by atoms with E-state index in [-0.39, 0.29) is 11.8 Å². The van der Waals surface area contributed by atoms with Crippen LogP contribution in [0.25, 0.3) is 0 Å². The van der Waals surface area contributed by atoms with Gasteiger partial charge in [0.05, 0.1) is 0 Å². The molecule has 5 nitrogen and oxygen atoms in total. The van der Waals surface area contributed by atoms with E-state index in [1.54, 1.807) is 0 Å². The van der Waals surface area contributed by atoms with E-state index in [4.69, 9.17) is 0 Å². The van der Waals surface area contributed by atoms with Crippen LogP contribution in [0.1, 0.15) is 39.5 Å². The Morgan fingerprint density at radius 1 is 1.11 bits per heavy atom. The molecule has 0 bridgehead atoms. The highest BCUT2D eigenvalue weighted by molar-refractivity contribution is 5.79. The number of likely N-dealkylation sites (tertiary alicyclic amines) is 1. The molecule has 0 aliphatic carbocycles. The van der Waals surface area contributed by atoms with Gasteiger partial charge in [0.1, 0.15) is 0 Å². The van der Waals surface area contributed by atoms with Gasteiger partial charge in [-0.15, -0.1) is 0 Å². The summed E-state index contributed by atoms with van der Waals surface area (Å²) < 4.78 is 0. The van der Waals surface area contributed by atoms with Crippen LogP contribution in [0.15, 0.2) is 0 Å². The molecular weight excluding hydrogens is 230 g/mol. The van der Waals surface area contributed by atoms with Gasteiger partial charge >= 0.3 is 0 Å². The Labute approximate surface area is 109 Å². The van der Waals surface area contributed by atoms with Crippen molar-refractivity contribution in [2.45, 2.75) is 45.6 Å². The summed E-state index contributed by atoms with van der Waals surface area (Å²) in [6.45, 7) is 6.99. The summed E-state index contributed by atoms with van der Waals surface area (Å²) in [6.07, 6.45) is 3.11. The fraction of sp³-hybridized carbons (Fsp3) is 0.846. The second-order valence-corrected chi connectivity index (χ2v) is 5.05. The normalized spacial score (nSPS) is 15.2. The minimum absolute atomic E-state index is 0.0115. The summed E-state index contributed by atoms with van der Waals surface area (Å²) in [4.78, 5) is 25.0. The summed E-state index contributed by atoms with van der Waals surface area (Å²) in [7, 11) is 0. The van der Waals surface area contributed by atoms with Crippen LogP contribution in [-0.4, -0.2) is 48.9 Å². The van der Waals surface area contributed by atoms with Gasteiger partial charge in [-0.05, 0) is 12.8 Å². The lowest BCUT2D eigenvalue weighted by Crippen LogP contribution is -2.34. The van der Waals surface area contributed by atoms with Crippen molar-refractivity contribution in [1.82, 2.24) is 15.5 Å². The van der Waals surface area contributed by atoms with E-state index >= 15 is 0 Å². The maximum Gasteiger partial charge on any atom is 0.224 e. The summed E-state index contributed by atoms with van der Waals surface area (Å²) in [6, 6.07) is 0.398. The first-order valence-corrected chi connectivity index (χ1v) is 6.87. The van der Waals surface area contributed by atoms with Crippen molar-refractivity contribution >= 4 is 11.8 Å². The van der Waals surface area contributed by atoms with Crippen LogP contribution in [0.3, 0.4) is 0 Å². The van der Waals surface area contributed by atoms with Crippen LogP contribution in [0, 0.1) is 0 Å². The molecule has 2 amide bonds. The molecule has 104 valence electrons. The predicted octanol–water partition coefficient (Wildman–Crippen LogP) is 0.503. The van der Waals surface area contributed by atoms with E-state index in [1.165, 1.54) is 0 Å². The van der Waals surface area contributed by atoms with Gasteiger partial charge in [-0.1, -0.05) is 13.8 Å². The third kappa shape index (κ3) is 6.00. The van der Waals surface area contributed by atoms with Crippen LogP contribution < -0.4 is 10.6 Å². The molecule has 1 fully saturated rings. The molecule has 1 saturated heterocycles. The van der Waals surface area contributed by atoms with Gasteiger partial charge in [0.25, 0.3) is 0 Å². The zero-order valence-corrected chi connectivity index (χ0v) is 11.5. The number of nitrogens with one attached hydrogen (secondary N) is 2. The van der Waals surface area contributed by atoms with Gasteiger partial charge in [-0.25, -0.2) is 0 Å². The minimum Gasteiger partial charge on any atom is -0.356 e. The van der Waals surface area contributed by atoms with E-state index in [9.17, 15) is 9.59 Å². The molecule has 1 rings (SSSR count). The molecule has 0 saturated carbocycles. The van der Waals surface area contributed by atoms with Crippen molar-refractivity contribution in [1.29, 1.82) is 0 Å². The van der Waals surface area contributed by atoms with Crippen molar-refractivity contribution < 1.29 is 9.59 Å². The summed E-state index contributed by atoms with van der Waals surface area (Å²) >= 11 is 0. The van der Waals surface area contributed by atoms with Crippen molar-refractivity contribution in [3.63, 3.8) is 0 Å². The van der Waals surface area contributed by atoms with E-state index in [2.05, 4.69) is 10.6 Å². The van der Waals surface area contributed by atoms with Gasteiger partial charge in [-0.3, -0.25) is 9.59 Å². The Hall–Kier alpha value is -1.10. The molecule has 18 heavy (non-hydrogen) atoms. The quantitative estimate of drug-likeness (QED) is 0.696. The highest BCUT2D eigenvalue weighted by atomic mass is 16.2.